The van der Waals surface area contributed by atoms with Crippen LogP contribution in [0.25, 0.3) is 0 Å². The van der Waals surface area contributed by atoms with Gasteiger partial charge in [0.2, 0.25) is 0 Å². The molecule has 100 valence electrons. The van der Waals surface area contributed by atoms with E-state index in [1.54, 1.807) is 0 Å². The first-order valence-electron chi connectivity index (χ1n) is 6.72. The van der Waals surface area contributed by atoms with Crippen LogP contribution in [0.3, 0.4) is 0 Å². The van der Waals surface area contributed by atoms with Crippen molar-refractivity contribution in [1.29, 1.82) is 0 Å². The number of benzene rings is 1. The maximum atomic E-state index is 5.73. The molecule has 0 saturated carbocycles. The number of hydrogen-bond donors (Lipinski definition) is 1. The van der Waals surface area contributed by atoms with Gasteiger partial charge in [-0.2, -0.15) is 0 Å². The molecule has 1 aromatic carbocycles. The van der Waals surface area contributed by atoms with Gasteiger partial charge in [0.25, 0.3) is 0 Å². The van der Waals surface area contributed by atoms with E-state index in [4.69, 9.17) is 4.74 Å². The van der Waals surface area contributed by atoms with E-state index >= 15 is 0 Å². The number of likely N-dealkylation sites (N-methyl/N-ethyl adjacent to an activating group) is 1. The van der Waals surface area contributed by atoms with Crippen molar-refractivity contribution in [3.8, 4) is 0 Å². The fourth-order valence-electron chi connectivity index (χ4n) is 2.46. The minimum absolute atomic E-state index is 0.328. The van der Waals surface area contributed by atoms with E-state index in [9.17, 15) is 0 Å². The molecule has 0 spiro atoms. The van der Waals surface area contributed by atoms with Gasteiger partial charge in [-0.15, -0.1) is 0 Å². The van der Waals surface area contributed by atoms with E-state index in [2.05, 4.69) is 49.3 Å². The van der Waals surface area contributed by atoms with Gasteiger partial charge in [0.15, 0.2) is 0 Å². The second-order valence-corrected chi connectivity index (χ2v) is 5.32. The zero-order valence-electron chi connectivity index (χ0n) is 11.7. The van der Waals surface area contributed by atoms with E-state index in [0.29, 0.717) is 6.10 Å². The molecular weight excluding hydrogens is 224 g/mol. The van der Waals surface area contributed by atoms with Gasteiger partial charge in [0, 0.05) is 26.2 Å². The smallest absolute Gasteiger partial charge is 0.0826 e. The van der Waals surface area contributed by atoms with Gasteiger partial charge in [-0.3, -0.25) is 4.90 Å². The number of nitrogens with zero attached hydrogens (tertiary/aromatic N) is 1. The average molecular weight is 248 g/mol. The van der Waals surface area contributed by atoms with Crippen LogP contribution in [0.1, 0.15) is 16.7 Å². The summed E-state index contributed by atoms with van der Waals surface area (Å²) >= 11 is 0. The van der Waals surface area contributed by atoms with Crippen molar-refractivity contribution in [2.24, 2.45) is 0 Å². The van der Waals surface area contributed by atoms with Crippen molar-refractivity contribution in [2.75, 3.05) is 33.3 Å². The van der Waals surface area contributed by atoms with Crippen LogP contribution in [-0.2, 0) is 11.3 Å². The topological polar surface area (TPSA) is 24.5 Å². The number of rotatable bonds is 4. The van der Waals surface area contributed by atoms with Gasteiger partial charge in [-0.05, 0) is 32.0 Å². The first-order valence-corrected chi connectivity index (χ1v) is 6.72. The van der Waals surface area contributed by atoms with Crippen molar-refractivity contribution in [2.45, 2.75) is 26.5 Å². The van der Waals surface area contributed by atoms with Gasteiger partial charge < -0.3 is 10.1 Å². The zero-order chi connectivity index (χ0) is 13.0. The summed E-state index contributed by atoms with van der Waals surface area (Å²) in [6.07, 6.45) is 0.328. The Morgan fingerprint density at radius 1 is 1.39 bits per heavy atom. The summed E-state index contributed by atoms with van der Waals surface area (Å²) < 4.78 is 5.73. The molecule has 18 heavy (non-hydrogen) atoms. The second-order valence-electron chi connectivity index (χ2n) is 5.32. The third-order valence-electron chi connectivity index (χ3n) is 3.46. The first-order chi connectivity index (χ1) is 8.65. The largest absolute Gasteiger partial charge is 0.374 e. The molecule has 1 N–H and O–H groups in total. The standard InChI is InChI=1S/C15H24N2O/c1-12-4-5-14(13(2)8-12)10-17(3)11-15-9-16-6-7-18-15/h4-5,8,15-16H,6-7,9-11H2,1-3H3. The van der Waals surface area contributed by atoms with E-state index in [1.807, 2.05) is 0 Å². The predicted octanol–water partition coefficient (Wildman–Crippen LogP) is 1.72. The van der Waals surface area contributed by atoms with Crippen LogP contribution in [0.2, 0.25) is 0 Å². The molecule has 0 radical (unpaired) electrons. The molecule has 1 unspecified atom stereocenters. The van der Waals surface area contributed by atoms with Crippen molar-refractivity contribution in [3.05, 3.63) is 34.9 Å². The Labute approximate surface area is 110 Å². The summed E-state index contributed by atoms with van der Waals surface area (Å²) in [5.41, 5.74) is 4.12. The lowest BCUT2D eigenvalue weighted by molar-refractivity contribution is 0.00882. The minimum atomic E-state index is 0.328. The van der Waals surface area contributed by atoms with Crippen LogP contribution < -0.4 is 5.32 Å². The number of hydrogen-bond acceptors (Lipinski definition) is 3. The molecular formula is C15H24N2O. The summed E-state index contributed by atoms with van der Waals surface area (Å²) in [5.74, 6) is 0. The normalized spacial score (nSPS) is 20.3. The second kappa shape index (κ2) is 6.32. The Morgan fingerprint density at radius 2 is 2.22 bits per heavy atom. The van der Waals surface area contributed by atoms with Crippen LogP contribution in [0.4, 0.5) is 0 Å². The van der Waals surface area contributed by atoms with Crippen LogP contribution in [0, 0.1) is 13.8 Å². The lowest BCUT2D eigenvalue weighted by atomic mass is 10.1. The first kappa shape index (κ1) is 13.5. The summed E-state index contributed by atoms with van der Waals surface area (Å²) in [6, 6.07) is 6.68. The molecule has 1 aliphatic heterocycles. The van der Waals surface area contributed by atoms with Gasteiger partial charge in [-0.1, -0.05) is 23.8 Å². The van der Waals surface area contributed by atoms with Gasteiger partial charge >= 0.3 is 0 Å². The van der Waals surface area contributed by atoms with Crippen LogP contribution >= 0.6 is 0 Å². The van der Waals surface area contributed by atoms with Gasteiger partial charge in [0.1, 0.15) is 0 Å². The average Bonchev–Trinajstić information content (AvgIpc) is 2.34. The highest BCUT2D eigenvalue weighted by atomic mass is 16.5. The Balaban J connectivity index is 1.87. The zero-order valence-corrected chi connectivity index (χ0v) is 11.7. The van der Waals surface area contributed by atoms with Crippen molar-refractivity contribution in [1.82, 2.24) is 10.2 Å². The Kier molecular flexibility index (Phi) is 4.75. The van der Waals surface area contributed by atoms with Gasteiger partial charge in [-0.25, -0.2) is 0 Å². The number of aryl methyl sites for hydroxylation is 2. The molecule has 0 bridgehead atoms. The van der Waals surface area contributed by atoms with Crippen LogP contribution in [0.15, 0.2) is 18.2 Å². The van der Waals surface area contributed by atoms with Crippen molar-refractivity contribution >= 4 is 0 Å². The number of nitrogens with one attached hydrogen (secondary N) is 1. The highest BCUT2D eigenvalue weighted by molar-refractivity contribution is 5.30. The fraction of sp³-hybridized carbons (Fsp3) is 0.600. The third-order valence-corrected chi connectivity index (χ3v) is 3.46. The molecule has 2 rings (SSSR count). The molecule has 3 heteroatoms. The Morgan fingerprint density at radius 3 is 2.89 bits per heavy atom. The molecule has 1 aliphatic rings. The maximum absolute atomic E-state index is 5.73. The molecule has 0 amide bonds. The molecule has 0 aliphatic carbocycles. The van der Waals surface area contributed by atoms with E-state index in [-0.39, 0.29) is 0 Å². The number of ether oxygens (including phenoxy) is 1. The third kappa shape index (κ3) is 3.80. The molecule has 0 aromatic heterocycles. The van der Waals surface area contributed by atoms with Crippen molar-refractivity contribution < 1.29 is 4.74 Å². The van der Waals surface area contributed by atoms with Crippen LogP contribution in [0.5, 0.6) is 0 Å². The lowest BCUT2D eigenvalue weighted by Crippen LogP contribution is -2.44. The van der Waals surface area contributed by atoms with Crippen molar-refractivity contribution in [3.63, 3.8) is 0 Å². The summed E-state index contributed by atoms with van der Waals surface area (Å²) in [7, 11) is 2.16. The highest BCUT2D eigenvalue weighted by Crippen LogP contribution is 2.13. The molecule has 1 fully saturated rings. The van der Waals surface area contributed by atoms with Crippen LogP contribution in [-0.4, -0.2) is 44.3 Å². The summed E-state index contributed by atoms with van der Waals surface area (Å²) in [4.78, 5) is 2.34. The van der Waals surface area contributed by atoms with E-state index in [1.165, 1.54) is 16.7 Å². The quantitative estimate of drug-likeness (QED) is 0.878. The monoisotopic (exact) mass is 248 g/mol. The Bertz CT molecular complexity index is 386. The predicted molar refractivity (Wildman–Crippen MR) is 74.9 cm³/mol. The molecule has 1 heterocycles. The van der Waals surface area contributed by atoms with Gasteiger partial charge in [0.05, 0.1) is 12.7 Å². The Hall–Kier alpha value is -0.900. The molecule has 1 atom stereocenters. The minimum Gasteiger partial charge on any atom is -0.374 e. The number of morpholine rings is 1. The van der Waals surface area contributed by atoms with E-state index < -0.39 is 0 Å². The summed E-state index contributed by atoms with van der Waals surface area (Å²) in [5, 5.41) is 3.37. The SMILES string of the molecule is Cc1ccc(CN(C)CC2CNCCO2)c(C)c1. The lowest BCUT2D eigenvalue weighted by Gasteiger charge is -2.28. The van der Waals surface area contributed by atoms with E-state index in [0.717, 1.165) is 32.8 Å². The molecule has 1 aromatic rings. The summed E-state index contributed by atoms with van der Waals surface area (Å²) in [6.45, 7) is 9.10. The fourth-order valence-corrected chi connectivity index (χ4v) is 2.46. The molecule has 3 nitrogen and oxygen atoms in total. The highest BCUT2D eigenvalue weighted by Gasteiger charge is 2.15. The molecule has 1 saturated heterocycles. The maximum Gasteiger partial charge on any atom is 0.0826 e.